The highest BCUT2D eigenvalue weighted by Gasteiger charge is 2.33. The molecule has 1 heterocycles. The molecule has 1 rings (SSSR count). The number of carbonyl (C=O) groups excluding carboxylic acids is 1. The highest BCUT2D eigenvalue weighted by molar-refractivity contribution is 9.09. The zero-order valence-corrected chi connectivity index (χ0v) is 14.7. The number of alkyl halides is 1. The van der Waals surface area contributed by atoms with E-state index in [1.807, 2.05) is 0 Å². The largest absolute Gasteiger partial charge is 0.453 e. The van der Waals surface area contributed by atoms with Gasteiger partial charge in [-0.25, -0.2) is 4.79 Å². The van der Waals surface area contributed by atoms with Crippen LogP contribution in [-0.2, 0) is 4.74 Å². The van der Waals surface area contributed by atoms with Crippen LogP contribution >= 0.6 is 15.9 Å². The maximum Gasteiger partial charge on any atom is 0.407 e. The number of halogens is 1. The fourth-order valence-corrected chi connectivity index (χ4v) is 4.05. The third kappa shape index (κ3) is 5.24. The average molecular weight is 349 g/mol. The Kier molecular flexibility index (Phi) is 7.88. The van der Waals surface area contributed by atoms with Crippen molar-refractivity contribution < 1.29 is 9.53 Å². The molecule has 1 N–H and O–H groups in total. The predicted octanol–water partition coefficient (Wildman–Crippen LogP) is 3.40. The zero-order valence-electron chi connectivity index (χ0n) is 13.1. The first-order valence-corrected chi connectivity index (χ1v) is 8.84. The van der Waals surface area contributed by atoms with Crippen LogP contribution in [0.3, 0.4) is 0 Å². The summed E-state index contributed by atoms with van der Waals surface area (Å²) in [6.45, 7) is 7.66. The van der Waals surface area contributed by atoms with Crippen LogP contribution in [0.15, 0.2) is 0 Å². The van der Waals surface area contributed by atoms with Crippen molar-refractivity contribution in [1.82, 2.24) is 10.2 Å². The molecule has 5 heteroatoms. The Morgan fingerprint density at radius 2 is 2.05 bits per heavy atom. The number of hydrogen-bond donors (Lipinski definition) is 1. The Hall–Kier alpha value is -0.290. The van der Waals surface area contributed by atoms with Gasteiger partial charge in [0.1, 0.15) is 0 Å². The van der Waals surface area contributed by atoms with Crippen molar-refractivity contribution in [2.45, 2.75) is 52.0 Å². The van der Waals surface area contributed by atoms with E-state index in [1.165, 1.54) is 32.8 Å². The second-order valence-electron chi connectivity index (χ2n) is 5.99. The number of hydrogen-bond acceptors (Lipinski definition) is 3. The maximum absolute atomic E-state index is 11.3. The molecule has 4 nitrogen and oxygen atoms in total. The third-order valence-corrected chi connectivity index (χ3v) is 5.37. The second kappa shape index (κ2) is 8.88. The molecule has 1 saturated heterocycles. The molecule has 1 aliphatic heterocycles. The van der Waals surface area contributed by atoms with Gasteiger partial charge in [0, 0.05) is 31.0 Å². The van der Waals surface area contributed by atoms with Crippen LogP contribution < -0.4 is 5.32 Å². The van der Waals surface area contributed by atoms with E-state index in [0.717, 1.165) is 31.4 Å². The molecular weight excluding hydrogens is 320 g/mol. The van der Waals surface area contributed by atoms with E-state index in [4.69, 9.17) is 0 Å². The molecule has 1 amide bonds. The Morgan fingerprint density at radius 3 is 2.55 bits per heavy atom. The van der Waals surface area contributed by atoms with E-state index >= 15 is 0 Å². The van der Waals surface area contributed by atoms with Gasteiger partial charge in [-0.1, -0.05) is 42.6 Å². The summed E-state index contributed by atoms with van der Waals surface area (Å²) in [5, 5.41) is 3.97. The fourth-order valence-electron chi connectivity index (χ4n) is 3.31. The summed E-state index contributed by atoms with van der Waals surface area (Å²) >= 11 is 3.73. The number of methoxy groups -OCH3 is 1. The smallest absolute Gasteiger partial charge is 0.407 e. The summed E-state index contributed by atoms with van der Waals surface area (Å²) in [6, 6.07) is 0.235. The molecule has 1 aliphatic rings. The van der Waals surface area contributed by atoms with Gasteiger partial charge in [-0.15, -0.1) is 0 Å². The van der Waals surface area contributed by atoms with E-state index in [1.54, 1.807) is 0 Å². The molecule has 0 saturated carbocycles. The lowest BCUT2D eigenvalue weighted by atomic mass is 9.81. The van der Waals surface area contributed by atoms with Crippen molar-refractivity contribution in [3.63, 3.8) is 0 Å². The fraction of sp³-hybridized carbons (Fsp3) is 0.933. The molecule has 118 valence electrons. The number of rotatable bonds is 8. The number of nitrogens with one attached hydrogen (secondary N) is 1. The van der Waals surface area contributed by atoms with Gasteiger partial charge in [0.05, 0.1) is 7.11 Å². The Labute approximate surface area is 131 Å². The van der Waals surface area contributed by atoms with Crippen molar-refractivity contribution in [2.24, 2.45) is 5.41 Å². The van der Waals surface area contributed by atoms with Gasteiger partial charge in [0.15, 0.2) is 0 Å². The van der Waals surface area contributed by atoms with Gasteiger partial charge < -0.3 is 15.0 Å². The molecule has 1 atom stereocenters. The van der Waals surface area contributed by atoms with Crippen molar-refractivity contribution in [1.29, 1.82) is 0 Å². The molecule has 0 aliphatic carbocycles. The molecule has 0 aromatic rings. The van der Waals surface area contributed by atoms with Gasteiger partial charge in [0.2, 0.25) is 0 Å². The first kappa shape index (κ1) is 17.8. The summed E-state index contributed by atoms with van der Waals surface area (Å²) < 4.78 is 4.67. The highest BCUT2D eigenvalue weighted by Crippen LogP contribution is 2.34. The molecule has 1 fully saturated rings. The summed E-state index contributed by atoms with van der Waals surface area (Å²) in [5.74, 6) is 0. The summed E-state index contributed by atoms with van der Waals surface area (Å²) in [6.07, 6.45) is 5.68. The van der Waals surface area contributed by atoms with Crippen LogP contribution in [0.25, 0.3) is 0 Å². The highest BCUT2D eigenvalue weighted by atomic mass is 79.9. The summed E-state index contributed by atoms with van der Waals surface area (Å²) in [4.78, 5) is 13.8. The topological polar surface area (TPSA) is 41.6 Å². The Morgan fingerprint density at radius 1 is 1.40 bits per heavy atom. The van der Waals surface area contributed by atoms with Crippen LogP contribution in [0.4, 0.5) is 4.79 Å². The lowest BCUT2D eigenvalue weighted by Gasteiger charge is -2.36. The predicted molar refractivity (Wildman–Crippen MR) is 86.4 cm³/mol. The zero-order chi connectivity index (χ0) is 15.0. The minimum absolute atomic E-state index is 0.235. The lowest BCUT2D eigenvalue weighted by Crippen LogP contribution is -2.41. The van der Waals surface area contributed by atoms with E-state index in [-0.39, 0.29) is 12.1 Å². The molecule has 0 radical (unpaired) electrons. The second-order valence-corrected chi connectivity index (χ2v) is 6.55. The maximum atomic E-state index is 11.3. The monoisotopic (exact) mass is 348 g/mol. The molecule has 0 aromatic heterocycles. The lowest BCUT2D eigenvalue weighted by molar-refractivity contribution is 0.158. The van der Waals surface area contributed by atoms with Gasteiger partial charge in [-0.05, 0) is 24.7 Å². The van der Waals surface area contributed by atoms with Crippen molar-refractivity contribution in [3.8, 4) is 0 Å². The first-order valence-electron chi connectivity index (χ1n) is 7.72. The van der Waals surface area contributed by atoms with Crippen LogP contribution in [0.1, 0.15) is 46.0 Å². The average Bonchev–Trinajstić information content (AvgIpc) is 2.86. The molecule has 20 heavy (non-hydrogen) atoms. The minimum atomic E-state index is -0.314. The number of ether oxygens (including phenoxy) is 1. The van der Waals surface area contributed by atoms with Crippen LogP contribution in [0, 0.1) is 5.41 Å². The molecular formula is C15H29BrN2O2. The molecule has 1 unspecified atom stereocenters. The van der Waals surface area contributed by atoms with Crippen molar-refractivity contribution in [3.05, 3.63) is 0 Å². The van der Waals surface area contributed by atoms with Crippen molar-refractivity contribution in [2.75, 3.05) is 32.1 Å². The number of nitrogens with zero attached hydrogens (tertiary/aromatic N) is 1. The Bertz CT molecular complexity index is 294. The quantitative estimate of drug-likeness (QED) is 0.683. The van der Waals surface area contributed by atoms with Crippen LogP contribution in [-0.4, -0.2) is 49.1 Å². The van der Waals surface area contributed by atoms with Gasteiger partial charge in [-0.2, -0.15) is 0 Å². The number of carbonyl (C=O) groups is 1. The van der Waals surface area contributed by atoms with E-state index in [2.05, 4.69) is 44.7 Å². The Balaban J connectivity index is 2.51. The standard InChI is InChI=1S/C15H29BrN2O2/c1-4-7-15(11-16,8-5-2)12-18-9-6-13(10-18)17-14(19)20-3/h13H,4-12H2,1-3H3,(H,17,19). The van der Waals surface area contributed by atoms with Crippen molar-refractivity contribution >= 4 is 22.0 Å². The van der Waals surface area contributed by atoms with Gasteiger partial charge in [0.25, 0.3) is 0 Å². The van der Waals surface area contributed by atoms with E-state index in [0.29, 0.717) is 5.41 Å². The van der Waals surface area contributed by atoms with Crippen LogP contribution in [0.2, 0.25) is 0 Å². The van der Waals surface area contributed by atoms with Gasteiger partial charge >= 0.3 is 6.09 Å². The summed E-state index contributed by atoms with van der Waals surface area (Å²) in [5.41, 5.74) is 0.379. The van der Waals surface area contributed by atoms with E-state index < -0.39 is 0 Å². The third-order valence-electron chi connectivity index (χ3n) is 4.18. The minimum Gasteiger partial charge on any atom is -0.453 e. The van der Waals surface area contributed by atoms with Gasteiger partial charge in [-0.3, -0.25) is 0 Å². The first-order chi connectivity index (χ1) is 9.59. The molecule has 0 spiro atoms. The number of likely N-dealkylation sites (tertiary alicyclic amines) is 1. The molecule has 0 aromatic carbocycles. The summed E-state index contributed by atoms with van der Waals surface area (Å²) in [7, 11) is 1.42. The SMILES string of the molecule is CCCC(CBr)(CCC)CN1CCC(NC(=O)OC)C1. The molecule has 0 bridgehead atoms. The number of amides is 1. The normalized spacial score (nSPS) is 20.1. The van der Waals surface area contributed by atoms with E-state index in [9.17, 15) is 4.79 Å². The number of alkyl carbamates (subject to hydrolysis) is 1. The van der Waals surface area contributed by atoms with Crippen LogP contribution in [0.5, 0.6) is 0 Å².